The number of rotatable bonds is 2. The summed E-state index contributed by atoms with van der Waals surface area (Å²) in [6, 6.07) is 3.50. The number of benzene rings is 1. The van der Waals surface area contributed by atoms with Crippen molar-refractivity contribution in [3.63, 3.8) is 0 Å². The maximum Gasteiger partial charge on any atom is 0.179 e. The summed E-state index contributed by atoms with van der Waals surface area (Å²) in [6.07, 6.45) is 1.12. The number of fused-ring (bicyclic) bond motifs is 1. The lowest BCUT2D eigenvalue weighted by molar-refractivity contribution is -0.0424. The Balaban J connectivity index is 2.58. The highest BCUT2D eigenvalue weighted by Gasteiger charge is 2.23. The summed E-state index contributed by atoms with van der Waals surface area (Å²) >= 11 is 6.20. The van der Waals surface area contributed by atoms with Gasteiger partial charge in [0.25, 0.3) is 0 Å². The fourth-order valence-electron chi connectivity index (χ4n) is 2.12. The minimum Gasteiger partial charge on any atom is -0.399 e. The van der Waals surface area contributed by atoms with Gasteiger partial charge in [0.05, 0.1) is 10.7 Å². The van der Waals surface area contributed by atoms with E-state index in [2.05, 4.69) is 5.16 Å². The van der Waals surface area contributed by atoms with Crippen molar-refractivity contribution in [3.05, 3.63) is 33.8 Å². The number of nitrogens with zero attached hydrogens (tertiary/aromatic N) is 1. The van der Waals surface area contributed by atoms with Crippen LogP contribution in [0, 0.1) is 0 Å². The van der Waals surface area contributed by atoms with Crippen LogP contribution in [0.25, 0.3) is 0 Å². The van der Waals surface area contributed by atoms with Crippen LogP contribution in [0.5, 0.6) is 0 Å². The lowest BCUT2D eigenvalue weighted by atomic mass is 9.88. The predicted octanol–water partition coefficient (Wildman–Crippen LogP) is 2.01. The molecule has 4 nitrogen and oxygen atoms in total. The van der Waals surface area contributed by atoms with Crippen LogP contribution in [-0.2, 0) is 11.3 Å². The maximum absolute atomic E-state index is 9.22. The summed E-state index contributed by atoms with van der Waals surface area (Å²) in [5.74, 6) is 0. The van der Waals surface area contributed by atoms with Crippen LogP contribution < -0.4 is 0 Å². The number of hydrogen-bond acceptors (Lipinski definition) is 4. The normalized spacial score (nSPS) is 17.4. The largest absolute Gasteiger partial charge is 0.399 e. The van der Waals surface area contributed by atoms with Crippen molar-refractivity contribution < 1.29 is 15.1 Å². The molecule has 0 fully saturated rings. The Bertz CT molecular complexity index is 457. The molecule has 2 N–H and O–H groups in total. The van der Waals surface area contributed by atoms with Crippen LogP contribution in [0.1, 0.15) is 35.8 Å². The molecule has 0 saturated carbocycles. The molecular formula is C12H14ClNO3. The number of oxime groups is 1. The van der Waals surface area contributed by atoms with Gasteiger partial charge in [0.1, 0.15) is 7.11 Å². The van der Waals surface area contributed by atoms with Crippen LogP contribution >= 0.6 is 11.6 Å². The maximum atomic E-state index is 9.22. The molecule has 0 atom stereocenters. The Hall–Kier alpha value is -1.10. The standard InChI is InChI=1S/C12H14ClNO3/c1-17-14-9-4-2-3-7-5-6-8(12(15)16)11(13)10(7)9/h5-6,12,15-16H,2-4H2,1H3/b14-9-. The Morgan fingerprint density at radius 2 is 2.12 bits per heavy atom. The lowest BCUT2D eigenvalue weighted by Gasteiger charge is -2.20. The first-order valence-electron chi connectivity index (χ1n) is 5.43. The van der Waals surface area contributed by atoms with Gasteiger partial charge in [0, 0.05) is 11.1 Å². The molecule has 2 rings (SSSR count). The van der Waals surface area contributed by atoms with E-state index < -0.39 is 6.29 Å². The second-order valence-corrected chi connectivity index (χ2v) is 4.33. The van der Waals surface area contributed by atoms with Crippen molar-refractivity contribution in [2.45, 2.75) is 25.6 Å². The third-order valence-corrected chi connectivity index (χ3v) is 3.29. The summed E-state index contributed by atoms with van der Waals surface area (Å²) in [7, 11) is 1.49. The molecule has 0 amide bonds. The number of halogens is 1. The Morgan fingerprint density at radius 1 is 1.35 bits per heavy atom. The minimum absolute atomic E-state index is 0.302. The number of aliphatic hydroxyl groups is 2. The Morgan fingerprint density at radius 3 is 2.76 bits per heavy atom. The Labute approximate surface area is 104 Å². The molecule has 92 valence electrons. The van der Waals surface area contributed by atoms with Crippen molar-refractivity contribution in [2.75, 3.05) is 7.11 Å². The van der Waals surface area contributed by atoms with Gasteiger partial charge in [-0.15, -0.1) is 0 Å². The van der Waals surface area contributed by atoms with Crippen molar-refractivity contribution in [1.82, 2.24) is 0 Å². The number of aliphatic hydroxyl groups excluding tert-OH is 1. The molecule has 1 aliphatic rings. The molecule has 0 bridgehead atoms. The average Bonchev–Trinajstić information content (AvgIpc) is 2.29. The minimum atomic E-state index is -1.57. The van der Waals surface area contributed by atoms with E-state index in [0.29, 0.717) is 10.6 Å². The topological polar surface area (TPSA) is 62.0 Å². The first-order valence-corrected chi connectivity index (χ1v) is 5.80. The van der Waals surface area contributed by atoms with Crippen molar-refractivity contribution in [3.8, 4) is 0 Å². The summed E-state index contributed by atoms with van der Waals surface area (Å²) in [4.78, 5) is 4.80. The molecule has 0 aromatic heterocycles. The van der Waals surface area contributed by atoms with Gasteiger partial charge in [0.2, 0.25) is 0 Å². The van der Waals surface area contributed by atoms with E-state index in [-0.39, 0.29) is 0 Å². The van der Waals surface area contributed by atoms with Gasteiger partial charge in [-0.3, -0.25) is 0 Å². The molecule has 1 aromatic carbocycles. The molecule has 0 aliphatic heterocycles. The molecule has 0 saturated heterocycles. The molecule has 0 heterocycles. The van der Waals surface area contributed by atoms with Crippen molar-refractivity contribution >= 4 is 17.3 Å². The smallest absolute Gasteiger partial charge is 0.179 e. The summed E-state index contributed by atoms with van der Waals surface area (Å²) in [6.45, 7) is 0. The molecule has 0 spiro atoms. The quantitative estimate of drug-likeness (QED) is 0.628. The van der Waals surface area contributed by atoms with Crippen molar-refractivity contribution in [2.24, 2.45) is 5.16 Å². The molecular weight excluding hydrogens is 242 g/mol. The highest BCUT2D eigenvalue weighted by atomic mass is 35.5. The molecule has 5 heteroatoms. The third-order valence-electron chi connectivity index (χ3n) is 2.89. The van der Waals surface area contributed by atoms with E-state index in [4.69, 9.17) is 16.4 Å². The molecule has 0 unspecified atom stereocenters. The number of hydrogen-bond donors (Lipinski definition) is 2. The molecule has 1 aromatic rings. The molecule has 17 heavy (non-hydrogen) atoms. The fourth-order valence-corrected chi connectivity index (χ4v) is 2.52. The summed E-state index contributed by atoms with van der Waals surface area (Å²) in [5, 5.41) is 22.8. The first-order chi connectivity index (χ1) is 8.15. The van der Waals surface area contributed by atoms with Crippen LogP contribution in [0.2, 0.25) is 5.02 Å². The summed E-state index contributed by atoms with van der Waals surface area (Å²) in [5.41, 5.74) is 2.92. The first kappa shape index (κ1) is 12.4. The molecule has 1 aliphatic carbocycles. The zero-order valence-electron chi connectivity index (χ0n) is 9.48. The van der Waals surface area contributed by atoms with E-state index in [1.54, 1.807) is 6.07 Å². The van der Waals surface area contributed by atoms with Crippen LogP contribution in [-0.4, -0.2) is 23.0 Å². The third kappa shape index (κ3) is 2.29. The number of aryl methyl sites for hydroxylation is 1. The van der Waals surface area contributed by atoms with Crippen LogP contribution in [0.3, 0.4) is 0 Å². The predicted molar refractivity (Wildman–Crippen MR) is 65.1 cm³/mol. The van der Waals surface area contributed by atoms with Gasteiger partial charge >= 0.3 is 0 Å². The highest BCUT2D eigenvalue weighted by Crippen LogP contribution is 2.33. The van der Waals surface area contributed by atoms with E-state index in [1.165, 1.54) is 7.11 Å². The van der Waals surface area contributed by atoms with Crippen LogP contribution in [0.4, 0.5) is 0 Å². The average molecular weight is 256 g/mol. The van der Waals surface area contributed by atoms with E-state index in [0.717, 1.165) is 36.1 Å². The van der Waals surface area contributed by atoms with Crippen molar-refractivity contribution in [1.29, 1.82) is 0 Å². The lowest BCUT2D eigenvalue weighted by Crippen LogP contribution is -2.14. The van der Waals surface area contributed by atoms with E-state index in [1.807, 2.05) is 6.07 Å². The van der Waals surface area contributed by atoms with Gasteiger partial charge in [-0.1, -0.05) is 28.9 Å². The fraction of sp³-hybridized carbons (Fsp3) is 0.417. The Kier molecular flexibility index (Phi) is 3.66. The van der Waals surface area contributed by atoms with Gasteiger partial charge in [-0.25, -0.2) is 0 Å². The molecule has 0 radical (unpaired) electrons. The van der Waals surface area contributed by atoms with Gasteiger partial charge in [-0.2, -0.15) is 0 Å². The van der Waals surface area contributed by atoms with E-state index >= 15 is 0 Å². The van der Waals surface area contributed by atoms with Gasteiger partial charge in [-0.05, 0) is 24.8 Å². The highest BCUT2D eigenvalue weighted by molar-refractivity contribution is 6.35. The SMILES string of the molecule is CO/N=C1/CCCc2ccc(C(O)O)c(Cl)c21. The monoisotopic (exact) mass is 255 g/mol. The van der Waals surface area contributed by atoms with Crippen LogP contribution in [0.15, 0.2) is 17.3 Å². The zero-order valence-corrected chi connectivity index (χ0v) is 10.2. The van der Waals surface area contributed by atoms with Gasteiger partial charge < -0.3 is 15.1 Å². The second kappa shape index (κ2) is 5.04. The zero-order chi connectivity index (χ0) is 12.4. The summed E-state index contributed by atoms with van der Waals surface area (Å²) < 4.78 is 0. The second-order valence-electron chi connectivity index (χ2n) is 3.95. The van der Waals surface area contributed by atoms with Gasteiger partial charge in [0.15, 0.2) is 6.29 Å². The van der Waals surface area contributed by atoms with E-state index in [9.17, 15) is 10.2 Å².